The number of rotatable bonds is 15. The summed E-state index contributed by atoms with van der Waals surface area (Å²) in [4.78, 5) is 21.9. The molecule has 0 spiro atoms. The highest BCUT2D eigenvalue weighted by Crippen LogP contribution is 2.13. The van der Waals surface area contributed by atoms with Gasteiger partial charge in [0.15, 0.2) is 0 Å². The van der Waals surface area contributed by atoms with Gasteiger partial charge in [-0.15, -0.1) is 0 Å². The Bertz CT molecular complexity index is 383. The average Bonchev–Trinajstić information content (AvgIpc) is 2.52. The quantitative estimate of drug-likeness (QED) is 0.211. The monoisotopic (exact) mass is 336 g/mol. The van der Waals surface area contributed by atoms with Crippen LogP contribution < -0.4 is 0 Å². The van der Waals surface area contributed by atoms with Gasteiger partial charge in [0, 0.05) is 13.3 Å². The van der Waals surface area contributed by atoms with Gasteiger partial charge in [-0.2, -0.15) is 0 Å². The van der Waals surface area contributed by atoms with E-state index in [9.17, 15) is 9.59 Å². The molecule has 0 N–H and O–H groups in total. The Morgan fingerprint density at radius 3 is 1.92 bits per heavy atom. The molecular weight excluding hydrogens is 300 g/mol. The fourth-order valence-electron chi connectivity index (χ4n) is 2.52. The predicted molar refractivity (Wildman–Crippen MR) is 101 cm³/mol. The van der Waals surface area contributed by atoms with E-state index in [0.717, 1.165) is 64.2 Å². The zero-order valence-corrected chi connectivity index (χ0v) is 15.9. The van der Waals surface area contributed by atoms with Gasteiger partial charge in [-0.25, -0.2) is 0 Å². The van der Waals surface area contributed by atoms with Crippen LogP contribution in [-0.4, -0.2) is 17.9 Å². The van der Waals surface area contributed by atoms with Gasteiger partial charge in [0.25, 0.3) is 0 Å². The Balaban J connectivity index is 3.63. The summed E-state index contributed by atoms with van der Waals surface area (Å²) in [5, 5.41) is 0. The molecule has 0 aliphatic carbocycles. The number of allylic oxidation sites excluding steroid dienone is 4. The largest absolute Gasteiger partial charge is 0.463 e. The first-order valence-electron chi connectivity index (χ1n) is 9.52. The minimum absolute atomic E-state index is 0.0915. The third-order valence-corrected chi connectivity index (χ3v) is 3.84. The van der Waals surface area contributed by atoms with E-state index < -0.39 is 0 Å². The Labute approximate surface area is 148 Å². The number of carbonyl (C=O) groups is 2. The zero-order chi connectivity index (χ0) is 18.0. The molecule has 0 aromatic rings. The van der Waals surface area contributed by atoms with Crippen LogP contribution in [0.3, 0.4) is 0 Å². The van der Waals surface area contributed by atoms with E-state index in [-0.39, 0.29) is 17.9 Å². The normalized spacial score (nSPS) is 12.8. The van der Waals surface area contributed by atoms with E-state index in [4.69, 9.17) is 4.74 Å². The third kappa shape index (κ3) is 17.0. The molecule has 0 aliphatic heterocycles. The summed E-state index contributed by atoms with van der Waals surface area (Å²) in [5.74, 6) is 0.110. The predicted octanol–water partition coefficient (Wildman–Crippen LogP) is 5.93. The molecule has 1 atom stereocenters. The molecule has 0 saturated heterocycles. The molecule has 0 fully saturated rings. The lowest BCUT2D eigenvalue weighted by Crippen LogP contribution is -2.16. The number of esters is 1. The fourth-order valence-corrected chi connectivity index (χ4v) is 2.52. The second-order valence-corrected chi connectivity index (χ2v) is 6.42. The zero-order valence-electron chi connectivity index (χ0n) is 15.9. The minimum atomic E-state index is -0.165. The lowest BCUT2D eigenvalue weighted by Gasteiger charge is -2.16. The van der Waals surface area contributed by atoms with E-state index in [0.29, 0.717) is 6.42 Å². The van der Waals surface area contributed by atoms with Crippen molar-refractivity contribution in [1.82, 2.24) is 0 Å². The molecular formula is C21H36O3. The minimum Gasteiger partial charge on any atom is -0.463 e. The maximum atomic E-state index is 11.1. The highest BCUT2D eigenvalue weighted by atomic mass is 16.5. The number of Topliss-reactive ketones (excluding diaryl/α,β-unsaturated/α-hetero) is 1. The number of ketones is 1. The highest BCUT2D eigenvalue weighted by Gasteiger charge is 2.10. The maximum Gasteiger partial charge on any atom is 0.302 e. The molecule has 3 heteroatoms. The van der Waals surface area contributed by atoms with E-state index in [2.05, 4.69) is 31.2 Å². The van der Waals surface area contributed by atoms with Crippen molar-refractivity contribution in [3.05, 3.63) is 24.3 Å². The van der Waals surface area contributed by atoms with Crippen LogP contribution in [0, 0.1) is 0 Å². The second kappa shape index (κ2) is 16.5. The van der Waals surface area contributed by atoms with Gasteiger partial charge >= 0.3 is 5.97 Å². The first-order chi connectivity index (χ1) is 11.6. The van der Waals surface area contributed by atoms with Crippen molar-refractivity contribution in [3.63, 3.8) is 0 Å². The first-order valence-corrected chi connectivity index (χ1v) is 9.52. The van der Waals surface area contributed by atoms with Crippen LogP contribution in [0.5, 0.6) is 0 Å². The Morgan fingerprint density at radius 1 is 0.833 bits per heavy atom. The van der Waals surface area contributed by atoms with E-state index in [1.165, 1.54) is 6.92 Å². The number of unbranched alkanes of at least 4 members (excludes halogenated alkanes) is 4. The fraction of sp³-hybridized carbons (Fsp3) is 0.714. The van der Waals surface area contributed by atoms with Gasteiger partial charge in [-0.05, 0) is 58.3 Å². The molecule has 0 heterocycles. The molecule has 0 amide bonds. The standard InChI is InChI=1S/C21H36O3/c1-4-5-17-21(24-20(3)23)18-15-13-11-9-7-6-8-10-12-14-16-19(2)22/h8-11,21H,4-7,12-18H2,1-3H3/b10-8+,11-9+. The van der Waals surface area contributed by atoms with Gasteiger partial charge < -0.3 is 9.53 Å². The van der Waals surface area contributed by atoms with Gasteiger partial charge in [-0.3, -0.25) is 4.79 Å². The van der Waals surface area contributed by atoms with Crippen LogP contribution >= 0.6 is 0 Å². The Kier molecular flexibility index (Phi) is 15.5. The third-order valence-electron chi connectivity index (χ3n) is 3.84. The molecule has 0 aromatic carbocycles. The first kappa shape index (κ1) is 22.6. The number of ether oxygens (including phenoxy) is 1. The Hall–Kier alpha value is -1.38. The van der Waals surface area contributed by atoms with Crippen LogP contribution in [0.4, 0.5) is 0 Å². The summed E-state index contributed by atoms with van der Waals surface area (Å²) in [6, 6.07) is 0. The van der Waals surface area contributed by atoms with Gasteiger partial charge in [0.1, 0.15) is 11.9 Å². The van der Waals surface area contributed by atoms with Crippen molar-refractivity contribution in [2.75, 3.05) is 0 Å². The molecule has 3 nitrogen and oxygen atoms in total. The van der Waals surface area contributed by atoms with Crippen molar-refractivity contribution >= 4 is 11.8 Å². The number of carbonyl (C=O) groups excluding carboxylic acids is 2. The van der Waals surface area contributed by atoms with Crippen LogP contribution in [0.2, 0.25) is 0 Å². The molecule has 0 radical (unpaired) electrons. The van der Waals surface area contributed by atoms with Crippen molar-refractivity contribution in [2.24, 2.45) is 0 Å². The van der Waals surface area contributed by atoms with Gasteiger partial charge in [0.05, 0.1) is 0 Å². The second-order valence-electron chi connectivity index (χ2n) is 6.42. The molecule has 0 rings (SSSR count). The number of hydrogen-bond acceptors (Lipinski definition) is 3. The van der Waals surface area contributed by atoms with E-state index in [1.54, 1.807) is 6.92 Å². The Morgan fingerprint density at radius 2 is 1.38 bits per heavy atom. The summed E-state index contributed by atoms with van der Waals surface area (Å²) in [7, 11) is 0. The lowest BCUT2D eigenvalue weighted by molar-refractivity contribution is -0.147. The van der Waals surface area contributed by atoms with Crippen molar-refractivity contribution in [2.45, 2.75) is 97.5 Å². The van der Waals surface area contributed by atoms with Crippen LogP contribution in [0.1, 0.15) is 91.4 Å². The number of hydrogen-bond donors (Lipinski definition) is 0. The summed E-state index contributed by atoms with van der Waals surface area (Å²) in [6.45, 7) is 5.30. The van der Waals surface area contributed by atoms with Crippen LogP contribution in [0.25, 0.3) is 0 Å². The van der Waals surface area contributed by atoms with Crippen LogP contribution in [0.15, 0.2) is 24.3 Å². The van der Waals surface area contributed by atoms with Crippen molar-refractivity contribution < 1.29 is 14.3 Å². The molecule has 0 bridgehead atoms. The molecule has 0 aliphatic rings. The topological polar surface area (TPSA) is 43.4 Å². The lowest BCUT2D eigenvalue weighted by atomic mass is 10.1. The van der Waals surface area contributed by atoms with E-state index >= 15 is 0 Å². The van der Waals surface area contributed by atoms with Crippen molar-refractivity contribution in [1.29, 1.82) is 0 Å². The molecule has 0 aromatic heterocycles. The smallest absolute Gasteiger partial charge is 0.302 e. The molecule has 1 unspecified atom stereocenters. The highest BCUT2D eigenvalue weighted by molar-refractivity contribution is 5.75. The van der Waals surface area contributed by atoms with Crippen molar-refractivity contribution in [3.8, 4) is 0 Å². The van der Waals surface area contributed by atoms with Crippen LogP contribution in [-0.2, 0) is 14.3 Å². The maximum absolute atomic E-state index is 11.1. The summed E-state index contributed by atoms with van der Waals surface area (Å²) < 4.78 is 5.37. The van der Waals surface area contributed by atoms with Gasteiger partial charge in [0.2, 0.25) is 0 Å². The van der Waals surface area contributed by atoms with E-state index in [1.807, 2.05) is 0 Å². The summed E-state index contributed by atoms with van der Waals surface area (Å²) in [5.41, 5.74) is 0. The van der Waals surface area contributed by atoms with Gasteiger partial charge in [-0.1, -0.05) is 44.1 Å². The average molecular weight is 337 g/mol. The molecule has 24 heavy (non-hydrogen) atoms. The molecule has 138 valence electrons. The molecule has 0 saturated carbocycles. The summed E-state index contributed by atoms with van der Waals surface area (Å²) >= 11 is 0. The SMILES string of the molecule is CCCCC(CCC/C=C/CC/C=C/CCCC(C)=O)OC(C)=O. The summed E-state index contributed by atoms with van der Waals surface area (Å²) in [6.07, 6.45) is 20.0.